The van der Waals surface area contributed by atoms with Crippen molar-refractivity contribution in [3.63, 3.8) is 0 Å². The molecule has 0 aliphatic carbocycles. The van der Waals surface area contributed by atoms with Crippen LogP contribution in [0, 0.1) is 5.92 Å². The smallest absolute Gasteiger partial charge is 0.328 e. The van der Waals surface area contributed by atoms with Crippen LogP contribution >= 0.6 is 23.2 Å². The number of nitrogens with one attached hydrogen (secondary N) is 1. The van der Waals surface area contributed by atoms with E-state index in [1.807, 2.05) is 13.8 Å². The van der Waals surface area contributed by atoms with Crippen LogP contribution in [0.25, 0.3) is 0 Å². The maximum absolute atomic E-state index is 12.7. The number of benzene rings is 1. The maximum atomic E-state index is 12.7. The summed E-state index contributed by atoms with van der Waals surface area (Å²) in [5.74, 6) is -1.43. The number of hydrogen-bond donors (Lipinski definition) is 2. The summed E-state index contributed by atoms with van der Waals surface area (Å²) >= 11 is 12.1. The van der Waals surface area contributed by atoms with Crippen LogP contribution in [-0.4, -0.2) is 47.3 Å². The van der Waals surface area contributed by atoms with Crippen molar-refractivity contribution >= 4 is 35.1 Å². The Morgan fingerprint density at radius 3 is 2.38 bits per heavy atom. The van der Waals surface area contributed by atoms with E-state index >= 15 is 0 Å². The minimum Gasteiger partial charge on any atom is -0.503 e. The SMILES string of the molecule is COc1ccnc(C(=O)N[C@@H](C)C(=O)OC(C(C)C)[C@H](C)Oc2ccc(Cl)cc2Cl)c1O. The van der Waals surface area contributed by atoms with E-state index in [1.54, 1.807) is 25.1 Å². The van der Waals surface area contributed by atoms with Gasteiger partial charge in [0.25, 0.3) is 5.91 Å². The number of halogens is 2. The highest BCUT2D eigenvalue weighted by atomic mass is 35.5. The molecule has 10 heteroatoms. The Kier molecular flexibility index (Phi) is 8.98. The second-order valence-corrected chi connectivity index (χ2v) is 8.29. The number of hydrogen-bond acceptors (Lipinski definition) is 7. The quantitative estimate of drug-likeness (QED) is 0.512. The van der Waals surface area contributed by atoms with Gasteiger partial charge in [0.15, 0.2) is 17.2 Å². The molecule has 1 heterocycles. The summed E-state index contributed by atoms with van der Waals surface area (Å²) in [4.78, 5) is 29.0. The predicted molar refractivity (Wildman–Crippen MR) is 121 cm³/mol. The van der Waals surface area contributed by atoms with Gasteiger partial charge in [-0.05, 0) is 38.0 Å². The first-order chi connectivity index (χ1) is 15.0. The number of ether oxygens (including phenoxy) is 3. The lowest BCUT2D eigenvalue weighted by molar-refractivity contribution is -0.158. The highest BCUT2D eigenvalue weighted by molar-refractivity contribution is 6.35. The number of nitrogens with zero attached hydrogens (tertiary/aromatic N) is 1. The lowest BCUT2D eigenvalue weighted by Crippen LogP contribution is -2.45. The van der Waals surface area contributed by atoms with Gasteiger partial charge in [-0.25, -0.2) is 9.78 Å². The first-order valence-corrected chi connectivity index (χ1v) is 10.7. The minimum atomic E-state index is -1.01. The van der Waals surface area contributed by atoms with Crippen LogP contribution in [0.2, 0.25) is 10.0 Å². The van der Waals surface area contributed by atoms with Gasteiger partial charge in [0, 0.05) is 17.3 Å². The predicted octanol–water partition coefficient (Wildman–Crippen LogP) is 4.26. The van der Waals surface area contributed by atoms with Gasteiger partial charge in [-0.2, -0.15) is 0 Å². The van der Waals surface area contributed by atoms with Crippen molar-refractivity contribution in [1.82, 2.24) is 10.3 Å². The van der Waals surface area contributed by atoms with Crippen molar-refractivity contribution in [3.8, 4) is 17.2 Å². The van der Waals surface area contributed by atoms with Gasteiger partial charge < -0.3 is 24.6 Å². The van der Waals surface area contributed by atoms with E-state index in [4.69, 9.17) is 37.4 Å². The van der Waals surface area contributed by atoms with E-state index in [0.29, 0.717) is 15.8 Å². The lowest BCUT2D eigenvalue weighted by atomic mass is 10.0. The van der Waals surface area contributed by atoms with E-state index in [1.165, 1.54) is 26.3 Å². The Balaban J connectivity index is 2.06. The number of esters is 1. The number of methoxy groups -OCH3 is 1. The second kappa shape index (κ2) is 11.2. The van der Waals surface area contributed by atoms with Gasteiger partial charge >= 0.3 is 5.97 Å². The monoisotopic (exact) mass is 484 g/mol. The molecule has 0 aliphatic heterocycles. The molecular weight excluding hydrogens is 459 g/mol. The molecule has 0 saturated heterocycles. The molecule has 0 bridgehead atoms. The average Bonchev–Trinajstić information content (AvgIpc) is 2.73. The van der Waals surface area contributed by atoms with Crippen LogP contribution in [0.3, 0.4) is 0 Å². The molecule has 0 saturated carbocycles. The molecule has 32 heavy (non-hydrogen) atoms. The minimum absolute atomic E-state index is 0.0899. The van der Waals surface area contributed by atoms with Crippen LogP contribution in [0.15, 0.2) is 30.5 Å². The first-order valence-electron chi connectivity index (χ1n) is 9.90. The molecular formula is C22H26Cl2N2O6. The molecule has 3 atom stereocenters. The second-order valence-electron chi connectivity index (χ2n) is 7.45. The summed E-state index contributed by atoms with van der Waals surface area (Å²) in [5, 5.41) is 13.4. The molecule has 0 fully saturated rings. The third-order valence-corrected chi connectivity index (χ3v) is 5.13. The molecule has 0 aliphatic rings. The van der Waals surface area contributed by atoms with Crippen molar-refractivity contribution in [1.29, 1.82) is 0 Å². The largest absolute Gasteiger partial charge is 0.503 e. The Bertz CT molecular complexity index is 969. The van der Waals surface area contributed by atoms with Gasteiger partial charge in [0.05, 0.1) is 12.1 Å². The highest BCUT2D eigenvalue weighted by Gasteiger charge is 2.30. The van der Waals surface area contributed by atoms with Crippen LogP contribution in [0.1, 0.15) is 38.2 Å². The fourth-order valence-electron chi connectivity index (χ4n) is 2.94. The van der Waals surface area contributed by atoms with Crippen LogP contribution in [0.5, 0.6) is 17.2 Å². The van der Waals surface area contributed by atoms with Crippen LogP contribution < -0.4 is 14.8 Å². The zero-order valence-electron chi connectivity index (χ0n) is 18.4. The first kappa shape index (κ1) is 25.5. The van der Waals surface area contributed by atoms with Crippen molar-refractivity contribution in [3.05, 3.63) is 46.2 Å². The lowest BCUT2D eigenvalue weighted by Gasteiger charge is -2.29. The Morgan fingerprint density at radius 1 is 1.09 bits per heavy atom. The normalized spacial score (nSPS) is 13.8. The number of pyridine rings is 1. The van der Waals surface area contributed by atoms with E-state index in [0.717, 1.165) is 0 Å². The summed E-state index contributed by atoms with van der Waals surface area (Å²) in [7, 11) is 1.35. The molecule has 0 radical (unpaired) electrons. The van der Waals surface area contributed by atoms with E-state index in [2.05, 4.69) is 10.3 Å². The molecule has 2 aromatic rings. The van der Waals surface area contributed by atoms with Crippen molar-refractivity contribution in [2.45, 2.75) is 45.9 Å². The summed E-state index contributed by atoms with van der Waals surface area (Å²) < 4.78 is 16.5. The maximum Gasteiger partial charge on any atom is 0.328 e. The Morgan fingerprint density at radius 2 is 1.78 bits per heavy atom. The van der Waals surface area contributed by atoms with Crippen molar-refractivity contribution in [2.75, 3.05) is 7.11 Å². The standard InChI is InChI=1S/C22H26Cl2N2O6/c1-11(2)20(13(4)31-16-7-6-14(23)10-15(16)24)32-22(29)12(3)26-21(28)18-19(27)17(30-5)8-9-25-18/h6-13,20,27H,1-5H3,(H,26,28)/t12-,13-,20?/m0/s1. The molecule has 0 spiro atoms. The topological polar surface area (TPSA) is 107 Å². The summed E-state index contributed by atoms with van der Waals surface area (Å²) in [6.45, 7) is 6.98. The Hall–Kier alpha value is -2.71. The number of aromatic hydroxyl groups is 1. The molecule has 174 valence electrons. The summed E-state index contributed by atoms with van der Waals surface area (Å²) in [6, 6.07) is 5.23. The van der Waals surface area contributed by atoms with E-state index < -0.39 is 35.9 Å². The molecule has 2 rings (SSSR count). The highest BCUT2D eigenvalue weighted by Crippen LogP contribution is 2.30. The van der Waals surface area contributed by atoms with Gasteiger partial charge in [-0.3, -0.25) is 4.79 Å². The summed E-state index contributed by atoms with van der Waals surface area (Å²) in [5.41, 5.74) is -0.265. The van der Waals surface area contributed by atoms with Crippen LogP contribution in [-0.2, 0) is 9.53 Å². The number of amides is 1. The fourth-order valence-corrected chi connectivity index (χ4v) is 3.39. The average molecular weight is 485 g/mol. The van der Waals surface area contributed by atoms with Gasteiger partial charge in [0.2, 0.25) is 0 Å². The summed E-state index contributed by atoms with van der Waals surface area (Å²) in [6.07, 6.45) is 0.146. The molecule has 1 aromatic heterocycles. The van der Waals surface area contributed by atoms with Gasteiger partial charge in [-0.15, -0.1) is 0 Å². The number of carbonyl (C=O) groups excluding carboxylic acids is 2. The zero-order valence-corrected chi connectivity index (χ0v) is 19.9. The number of carbonyl (C=O) groups is 2. The Labute approximate surface area is 196 Å². The molecule has 1 aromatic carbocycles. The molecule has 8 nitrogen and oxygen atoms in total. The number of rotatable bonds is 9. The number of aromatic nitrogens is 1. The van der Waals surface area contributed by atoms with Crippen molar-refractivity contribution in [2.24, 2.45) is 5.92 Å². The molecule has 2 N–H and O–H groups in total. The fraction of sp³-hybridized carbons (Fsp3) is 0.409. The molecule has 1 unspecified atom stereocenters. The zero-order chi connectivity index (χ0) is 24.0. The van der Waals surface area contributed by atoms with Gasteiger partial charge in [0.1, 0.15) is 24.0 Å². The van der Waals surface area contributed by atoms with Crippen molar-refractivity contribution < 1.29 is 28.9 Å². The third kappa shape index (κ3) is 6.40. The molecule has 1 amide bonds. The van der Waals surface area contributed by atoms with Crippen LogP contribution in [0.4, 0.5) is 0 Å². The van der Waals surface area contributed by atoms with E-state index in [9.17, 15) is 14.7 Å². The van der Waals surface area contributed by atoms with Gasteiger partial charge in [-0.1, -0.05) is 37.0 Å². The van der Waals surface area contributed by atoms with E-state index in [-0.39, 0.29) is 17.4 Å². The third-order valence-electron chi connectivity index (χ3n) is 4.60.